The van der Waals surface area contributed by atoms with Crippen LogP contribution in [0.5, 0.6) is 0 Å². The van der Waals surface area contributed by atoms with Gasteiger partial charge in [0.1, 0.15) is 0 Å². The van der Waals surface area contributed by atoms with Gasteiger partial charge in [-0.1, -0.05) is 20.8 Å². The van der Waals surface area contributed by atoms with E-state index in [4.69, 9.17) is 9.16 Å². The van der Waals surface area contributed by atoms with Crippen LogP contribution in [0.15, 0.2) is 12.3 Å². The van der Waals surface area contributed by atoms with E-state index in [0.717, 1.165) is 0 Å². The molecule has 0 fully saturated rings. The monoisotopic (exact) mass is 214 g/mol. The summed E-state index contributed by atoms with van der Waals surface area (Å²) in [6.07, 6.45) is 2.58. The lowest BCUT2D eigenvalue weighted by Gasteiger charge is -2.37. The van der Waals surface area contributed by atoms with Crippen LogP contribution >= 0.6 is 0 Å². The third-order valence-electron chi connectivity index (χ3n) is 2.90. The van der Waals surface area contributed by atoms with Crippen molar-refractivity contribution in [3.8, 4) is 0 Å². The van der Waals surface area contributed by atoms with E-state index in [0.29, 0.717) is 0 Å². The number of hydrogen-bond donors (Lipinski definition) is 0. The predicted molar refractivity (Wildman–Crippen MR) is 57.3 cm³/mol. The molecule has 14 heavy (non-hydrogen) atoms. The van der Waals surface area contributed by atoms with Gasteiger partial charge in [0.25, 0.3) is 0 Å². The molecule has 0 aromatic rings. The standard InChI is InChI=1S/C10H18O3Si/c1-10(2,3)14(4,5)13-8-6-7-12-9(8)11/h6-8H,1-5H3. The van der Waals surface area contributed by atoms with Gasteiger partial charge in [-0.25, -0.2) is 4.79 Å². The highest BCUT2D eigenvalue weighted by molar-refractivity contribution is 6.74. The Kier molecular flexibility index (Phi) is 2.87. The van der Waals surface area contributed by atoms with Gasteiger partial charge in [-0.05, 0) is 24.2 Å². The number of cyclic esters (lactones) is 1. The fraction of sp³-hybridized carbons (Fsp3) is 0.700. The summed E-state index contributed by atoms with van der Waals surface area (Å²) in [5, 5.41) is 0.115. The Morgan fingerprint density at radius 2 is 2.00 bits per heavy atom. The topological polar surface area (TPSA) is 35.5 Å². The van der Waals surface area contributed by atoms with Crippen molar-refractivity contribution in [2.45, 2.75) is 45.0 Å². The van der Waals surface area contributed by atoms with Crippen LogP contribution in [0.2, 0.25) is 18.1 Å². The quantitative estimate of drug-likeness (QED) is 0.523. The molecule has 0 aromatic carbocycles. The van der Waals surface area contributed by atoms with Gasteiger partial charge in [-0.15, -0.1) is 0 Å². The number of ether oxygens (including phenoxy) is 1. The van der Waals surface area contributed by atoms with Gasteiger partial charge in [0.15, 0.2) is 14.4 Å². The lowest BCUT2D eigenvalue weighted by molar-refractivity contribution is -0.141. The average Bonchev–Trinajstić information content (AvgIpc) is 2.33. The fourth-order valence-electron chi connectivity index (χ4n) is 0.905. The van der Waals surface area contributed by atoms with E-state index < -0.39 is 14.4 Å². The van der Waals surface area contributed by atoms with Gasteiger partial charge in [-0.2, -0.15) is 0 Å². The van der Waals surface area contributed by atoms with Crippen LogP contribution in [0.4, 0.5) is 0 Å². The third kappa shape index (κ3) is 2.25. The summed E-state index contributed by atoms with van der Waals surface area (Å²) >= 11 is 0. The first-order valence-electron chi connectivity index (χ1n) is 4.79. The second kappa shape index (κ2) is 3.51. The Morgan fingerprint density at radius 3 is 2.36 bits per heavy atom. The van der Waals surface area contributed by atoms with Gasteiger partial charge in [0.2, 0.25) is 0 Å². The summed E-state index contributed by atoms with van der Waals surface area (Å²) < 4.78 is 10.6. The lowest BCUT2D eigenvalue weighted by atomic mass is 10.2. The molecular formula is C10H18O3Si. The van der Waals surface area contributed by atoms with Gasteiger partial charge >= 0.3 is 5.97 Å². The van der Waals surface area contributed by atoms with Crippen molar-refractivity contribution in [2.75, 3.05) is 0 Å². The maximum absolute atomic E-state index is 11.2. The number of carbonyl (C=O) groups is 1. The van der Waals surface area contributed by atoms with Crippen LogP contribution in [-0.4, -0.2) is 20.4 Å². The van der Waals surface area contributed by atoms with Crippen molar-refractivity contribution in [1.82, 2.24) is 0 Å². The highest BCUT2D eigenvalue weighted by atomic mass is 28.4. The second-order valence-corrected chi connectivity index (χ2v) is 9.82. The fourth-order valence-corrected chi connectivity index (χ4v) is 2.07. The van der Waals surface area contributed by atoms with E-state index in [1.807, 2.05) is 0 Å². The minimum Gasteiger partial charge on any atom is -0.433 e. The van der Waals surface area contributed by atoms with Crippen LogP contribution in [0.3, 0.4) is 0 Å². The molecule has 0 bridgehead atoms. The number of esters is 1. The molecule has 0 amide bonds. The van der Waals surface area contributed by atoms with Crippen molar-refractivity contribution >= 4 is 14.3 Å². The molecule has 0 aliphatic carbocycles. The first kappa shape index (κ1) is 11.5. The minimum absolute atomic E-state index is 0.115. The number of rotatable bonds is 2. The molecule has 1 heterocycles. The molecular weight excluding hydrogens is 196 g/mol. The Labute approximate surface area is 86.2 Å². The predicted octanol–water partition coefficient (Wildman–Crippen LogP) is 2.45. The van der Waals surface area contributed by atoms with Gasteiger partial charge in [0.05, 0.1) is 6.26 Å². The van der Waals surface area contributed by atoms with Crippen molar-refractivity contribution in [1.29, 1.82) is 0 Å². The average molecular weight is 214 g/mol. The summed E-state index contributed by atoms with van der Waals surface area (Å²) in [5.41, 5.74) is 0. The van der Waals surface area contributed by atoms with Crippen LogP contribution in [0.25, 0.3) is 0 Å². The zero-order valence-corrected chi connectivity index (χ0v) is 10.5. The van der Waals surface area contributed by atoms with Crippen molar-refractivity contribution in [2.24, 2.45) is 0 Å². The largest absolute Gasteiger partial charge is 0.433 e. The summed E-state index contributed by atoms with van der Waals surface area (Å²) in [4.78, 5) is 11.2. The highest BCUT2D eigenvalue weighted by Crippen LogP contribution is 2.37. The molecule has 4 heteroatoms. The molecule has 0 saturated heterocycles. The van der Waals surface area contributed by atoms with E-state index in [-0.39, 0.29) is 11.0 Å². The van der Waals surface area contributed by atoms with Crippen molar-refractivity contribution in [3.05, 3.63) is 12.3 Å². The van der Waals surface area contributed by atoms with E-state index in [1.54, 1.807) is 6.08 Å². The Morgan fingerprint density at radius 1 is 1.43 bits per heavy atom. The lowest BCUT2D eigenvalue weighted by Crippen LogP contribution is -2.44. The van der Waals surface area contributed by atoms with Crippen LogP contribution in [0, 0.1) is 0 Å². The molecule has 1 aliphatic heterocycles. The Hall–Kier alpha value is -0.613. The first-order chi connectivity index (χ1) is 6.24. The van der Waals surface area contributed by atoms with E-state index >= 15 is 0 Å². The SMILES string of the molecule is CC(C)(C)[Si](C)(C)OC1C=COC1=O. The summed E-state index contributed by atoms with van der Waals surface area (Å²) in [5.74, 6) is -0.296. The molecule has 0 aromatic heterocycles. The first-order valence-corrected chi connectivity index (χ1v) is 7.70. The molecule has 1 rings (SSSR count). The van der Waals surface area contributed by atoms with Crippen molar-refractivity contribution in [3.63, 3.8) is 0 Å². The molecule has 0 radical (unpaired) electrons. The number of hydrogen-bond acceptors (Lipinski definition) is 3. The van der Waals surface area contributed by atoms with Crippen molar-refractivity contribution < 1.29 is 14.0 Å². The molecule has 0 N–H and O–H groups in total. The molecule has 0 spiro atoms. The Bertz CT molecular complexity index is 263. The summed E-state index contributed by atoms with van der Waals surface area (Å²) in [6.45, 7) is 10.7. The maximum Gasteiger partial charge on any atom is 0.343 e. The molecule has 1 atom stereocenters. The van der Waals surface area contributed by atoms with Crippen LogP contribution < -0.4 is 0 Å². The van der Waals surface area contributed by atoms with Crippen LogP contribution in [0.1, 0.15) is 20.8 Å². The maximum atomic E-state index is 11.2. The second-order valence-electron chi connectivity index (χ2n) is 5.06. The van der Waals surface area contributed by atoms with E-state index in [9.17, 15) is 4.79 Å². The molecule has 3 nitrogen and oxygen atoms in total. The Balaban J connectivity index is 2.68. The van der Waals surface area contributed by atoms with E-state index in [2.05, 4.69) is 33.9 Å². The zero-order valence-electron chi connectivity index (χ0n) is 9.46. The van der Waals surface area contributed by atoms with Gasteiger partial charge in [-0.3, -0.25) is 0 Å². The third-order valence-corrected chi connectivity index (χ3v) is 7.35. The smallest absolute Gasteiger partial charge is 0.343 e. The minimum atomic E-state index is -1.86. The molecule has 0 saturated carbocycles. The van der Waals surface area contributed by atoms with Crippen LogP contribution in [-0.2, 0) is 14.0 Å². The number of carbonyl (C=O) groups excluding carboxylic acids is 1. The summed E-state index contributed by atoms with van der Waals surface area (Å²) in [6, 6.07) is 0. The summed E-state index contributed by atoms with van der Waals surface area (Å²) in [7, 11) is -1.86. The van der Waals surface area contributed by atoms with E-state index in [1.165, 1.54) is 6.26 Å². The molecule has 80 valence electrons. The van der Waals surface area contributed by atoms with Gasteiger partial charge < -0.3 is 9.16 Å². The highest BCUT2D eigenvalue weighted by Gasteiger charge is 2.41. The zero-order chi connectivity index (χ0) is 11.0. The van der Waals surface area contributed by atoms with Gasteiger partial charge in [0, 0.05) is 0 Å². The molecule has 1 unspecified atom stereocenters. The molecule has 1 aliphatic rings. The normalized spacial score (nSPS) is 22.6.